The van der Waals surface area contributed by atoms with Crippen LogP contribution >= 0.6 is 0 Å². The number of benzene rings is 2. The van der Waals surface area contributed by atoms with Crippen molar-refractivity contribution in [2.45, 2.75) is 33.4 Å². The standard InChI is InChI=1S/C29H28N4O4/c1-19-11-13-22(14-12-19)28(35)33(24-9-7-8-23(16-24)21(3)34)18-25-17-27(31-37-25)29(36)32(4)20(2)26-10-5-6-15-30-26/h5-17,20H,18H2,1-4H3. The van der Waals surface area contributed by atoms with Crippen molar-refractivity contribution in [2.75, 3.05) is 11.9 Å². The molecule has 4 rings (SSSR count). The fraction of sp³-hybridized carbons (Fsp3) is 0.207. The topological polar surface area (TPSA) is 96.6 Å². The number of Topliss-reactive ketones (excluding diaryl/α,β-unsaturated/α-hetero) is 1. The van der Waals surface area contributed by atoms with E-state index < -0.39 is 0 Å². The molecular weight excluding hydrogens is 468 g/mol. The van der Waals surface area contributed by atoms with E-state index in [2.05, 4.69) is 10.1 Å². The first-order valence-electron chi connectivity index (χ1n) is 11.9. The van der Waals surface area contributed by atoms with Gasteiger partial charge in [-0.25, -0.2) is 0 Å². The molecule has 2 aromatic heterocycles. The molecule has 0 spiro atoms. The van der Waals surface area contributed by atoms with Gasteiger partial charge in [-0.15, -0.1) is 0 Å². The number of rotatable bonds is 8. The number of hydrogen-bond donors (Lipinski definition) is 0. The summed E-state index contributed by atoms with van der Waals surface area (Å²) >= 11 is 0. The van der Waals surface area contributed by atoms with E-state index in [-0.39, 0.29) is 35.9 Å². The zero-order valence-electron chi connectivity index (χ0n) is 21.2. The van der Waals surface area contributed by atoms with E-state index in [1.165, 1.54) is 22.8 Å². The van der Waals surface area contributed by atoms with Crippen molar-refractivity contribution in [3.05, 3.63) is 113 Å². The molecule has 2 aromatic carbocycles. The third kappa shape index (κ3) is 5.81. The first-order chi connectivity index (χ1) is 17.7. The zero-order chi connectivity index (χ0) is 26.5. The fourth-order valence-corrected chi connectivity index (χ4v) is 3.85. The van der Waals surface area contributed by atoms with Crippen LogP contribution in [-0.4, -0.2) is 39.7 Å². The molecule has 37 heavy (non-hydrogen) atoms. The van der Waals surface area contributed by atoms with E-state index in [1.54, 1.807) is 49.6 Å². The highest BCUT2D eigenvalue weighted by atomic mass is 16.5. The number of aryl methyl sites for hydroxylation is 1. The van der Waals surface area contributed by atoms with E-state index in [1.807, 2.05) is 44.2 Å². The van der Waals surface area contributed by atoms with Crippen LogP contribution in [0.4, 0.5) is 5.69 Å². The first kappa shape index (κ1) is 25.5. The highest BCUT2D eigenvalue weighted by molar-refractivity contribution is 6.06. The number of amides is 2. The van der Waals surface area contributed by atoms with Crippen LogP contribution in [0.2, 0.25) is 0 Å². The summed E-state index contributed by atoms with van der Waals surface area (Å²) in [5.41, 5.74) is 3.41. The van der Waals surface area contributed by atoms with Crippen molar-refractivity contribution >= 4 is 23.3 Å². The first-order valence-corrected chi connectivity index (χ1v) is 11.9. The van der Waals surface area contributed by atoms with Crippen molar-refractivity contribution in [1.29, 1.82) is 0 Å². The van der Waals surface area contributed by atoms with Gasteiger partial charge < -0.3 is 14.3 Å². The van der Waals surface area contributed by atoms with E-state index in [0.717, 1.165) is 11.3 Å². The molecule has 1 atom stereocenters. The van der Waals surface area contributed by atoms with Gasteiger partial charge >= 0.3 is 0 Å². The second-order valence-electron chi connectivity index (χ2n) is 8.89. The van der Waals surface area contributed by atoms with Crippen molar-refractivity contribution in [2.24, 2.45) is 0 Å². The largest absolute Gasteiger partial charge is 0.359 e. The van der Waals surface area contributed by atoms with E-state index >= 15 is 0 Å². The number of hydrogen-bond acceptors (Lipinski definition) is 6. The Hall–Kier alpha value is -4.59. The minimum absolute atomic E-state index is 0.0217. The third-order valence-corrected chi connectivity index (χ3v) is 6.22. The molecule has 0 aliphatic carbocycles. The Morgan fingerprint density at radius 3 is 2.35 bits per heavy atom. The highest BCUT2D eigenvalue weighted by Crippen LogP contribution is 2.24. The van der Waals surface area contributed by atoms with Crippen LogP contribution in [0, 0.1) is 6.92 Å². The molecule has 0 aliphatic heterocycles. The minimum Gasteiger partial charge on any atom is -0.359 e. The maximum absolute atomic E-state index is 13.5. The van der Waals surface area contributed by atoms with Crippen molar-refractivity contribution in [3.63, 3.8) is 0 Å². The van der Waals surface area contributed by atoms with Crippen LogP contribution in [0.5, 0.6) is 0 Å². The maximum Gasteiger partial charge on any atom is 0.276 e. The molecule has 0 bridgehead atoms. The lowest BCUT2D eigenvalue weighted by atomic mass is 10.1. The van der Waals surface area contributed by atoms with Gasteiger partial charge in [-0.3, -0.25) is 19.4 Å². The molecule has 0 radical (unpaired) electrons. The predicted molar refractivity (Wildman–Crippen MR) is 139 cm³/mol. The molecule has 8 heteroatoms. The molecule has 0 N–H and O–H groups in total. The minimum atomic E-state index is -0.330. The number of pyridine rings is 1. The lowest BCUT2D eigenvalue weighted by Gasteiger charge is -2.23. The van der Waals surface area contributed by atoms with Gasteiger partial charge in [0.2, 0.25) is 0 Å². The SMILES string of the molecule is CC(=O)c1cccc(N(Cc2cc(C(=O)N(C)C(C)c3ccccn3)no2)C(=O)c2ccc(C)cc2)c1. The Morgan fingerprint density at radius 2 is 1.68 bits per heavy atom. The van der Waals surface area contributed by atoms with Crippen LogP contribution in [-0.2, 0) is 6.54 Å². The molecule has 1 unspecified atom stereocenters. The third-order valence-electron chi connectivity index (χ3n) is 6.22. The van der Waals surface area contributed by atoms with Crippen LogP contribution in [0.1, 0.15) is 68.1 Å². The Morgan fingerprint density at radius 1 is 0.919 bits per heavy atom. The Balaban J connectivity index is 1.61. The molecule has 188 valence electrons. The normalized spacial score (nSPS) is 11.6. The van der Waals surface area contributed by atoms with E-state index in [9.17, 15) is 14.4 Å². The summed E-state index contributed by atoms with van der Waals surface area (Å²) in [4.78, 5) is 46.0. The van der Waals surface area contributed by atoms with Gasteiger partial charge in [-0.1, -0.05) is 41.1 Å². The van der Waals surface area contributed by atoms with Crippen molar-refractivity contribution in [3.8, 4) is 0 Å². The maximum atomic E-state index is 13.5. The van der Waals surface area contributed by atoms with Crippen molar-refractivity contribution < 1.29 is 18.9 Å². The highest BCUT2D eigenvalue weighted by Gasteiger charge is 2.25. The quantitative estimate of drug-likeness (QED) is 0.309. The number of aromatic nitrogens is 2. The van der Waals surface area contributed by atoms with Gasteiger partial charge in [-0.2, -0.15) is 0 Å². The van der Waals surface area contributed by atoms with E-state index in [0.29, 0.717) is 22.6 Å². The summed E-state index contributed by atoms with van der Waals surface area (Å²) in [5, 5.41) is 3.97. The molecule has 0 aliphatic rings. The molecule has 0 saturated heterocycles. The summed E-state index contributed by atoms with van der Waals surface area (Å²) < 4.78 is 5.48. The molecule has 8 nitrogen and oxygen atoms in total. The second kappa shape index (κ2) is 11.0. The molecule has 4 aromatic rings. The molecule has 2 amide bonds. The van der Waals surface area contributed by atoms with Gasteiger partial charge in [0, 0.05) is 36.1 Å². The Bertz CT molecular complexity index is 1410. The Kier molecular flexibility index (Phi) is 7.57. The second-order valence-corrected chi connectivity index (χ2v) is 8.89. The van der Waals surface area contributed by atoms with Crippen LogP contribution in [0.3, 0.4) is 0 Å². The van der Waals surface area contributed by atoms with Crippen LogP contribution in [0.15, 0.2) is 83.5 Å². The molecular formula is C29H28N4O4. The fourth-order valence-electron chi connectivity index (χ4n) is 3.85. The summed E-state index contributed by atoms with van der Waals surface area (Å²) in [6, 6.07) is 20.9. The number of carbonyl (C=O) groups excluding carboxylic acids is 3. The zero-order valence-corrected chi connectivity index (χ0v) is 21.2. The number of nitrogens with zero attached hydrogens (tertiary/aromatic N) is 4. The lowest BCUT2D eigenvalue weighted by Crippen LogP contribution is -2.31. The summed E-state index contributed by atoms with van der Waals surface area (Å²) in [7, 11) is 1.68. The molecule has 0 fully saturated rings. The van der Waals surface area contributed by atoms with E-state index in [4.69, 9.17) is 4.52 Å². The number of anilines is 1. The van der Waals surface area contributed by atoms with Crippen molar-refractivity contribution in [1.82, 2.24) is 15.0 Å². The Labute approximate surface area is 215 Å². The smallest absolute Gasteiger partial charge is 0.276 e. The lowest BCUT2D eigenvalue weighted by molar-refractivity contribution is 0.0728. The van der Waals surface area contributed by atoms with Gasteiger partial charge in [0.05, 0.1) is 18.3 Å². The molecule has 0 saturated carbocycles. The summed E-state index contributed by atoms with van der Waals surface area (Å²) in [5.74, 6) is -0.382. The van der Waals surface area contributed by atoms with Crippen LogP contribution in [0.25, 0.3) is 0 Å². The average molecular weight is 497 g/mol. The van der Waals surface area contributed by atoms with Crippen LogP contribution < -0.4 is 4.90 Å². The van der Waals surface area contributed by atoms with Gasteiger partial charge in [-0.05, 0) is 57.2 Å². The number of carbonyl (C=O) groups is 3. The van der Waals surface area contributed by atoms with Gasteiger partial charge in [0.1, 0.15) is 0 Å². The average Bonchev–Trinajstić information content (AvgIpc) is 3.39. The summed E-state index contributed by atoms with van der Waals surface area (Å²) in [6.07, 6.45) is 1.68. The summed E-state index contributed by atoms with van der Waals surface area (Å²) in [6.45, 7) is 5.32. The number of ketones is 1. The monoisotopic (exact) mass is 496 g/mol. The molecule has 2 heterocycles. The van der Waals surface area contributed by atoms with Gasteiger partial charge in [0.15, 0.2) is 17.2 Å². The predicted octanol–water partition coefficient (Wildman–Crippen LogP) is 5.26. The van der Waals surface area contributed by atoms with Gasteiger partial charge in [0.25, 0.3) is 11.8 Å².